The zero-order chi connectivity index (χ0) is 15.8. The van der Waals surface area contributed by atoms with E-state index < -0.39 is 27.7 Å². The summed E-state index contributed by atoms with van der Waals surface area (Å²) in [4.78, 5) is 20.5. The maximum absolute atomic E-state index is 11.5. The van der Waals surface area contributed by atoms with E-state index in [0.29, 0.717) is 0 Å². The molecule has 0 fully saturated rings. The van der Waals surface area contributed by atoms with E-state index in [4.69, 9.17) is 46.4 Å². The fraction of sp³-hybridized carbons (Fsp3) is 0.231. The number of halogens is 4. The largest absolute Gasteiger partial charge is 0.330 e. The van der Waals surface area contributed by atoms with E-state index >= 15 is 0 Å². The van der Waals surface area contributed by atoms with Crippen molar-refractivity contribution in [3.8, 4) is 0 Å². The van der Waals surface area contributed by atoms with Crippen LogP contribution in [0.5, 0.6) is 0 Å². The van der Waals surface area contributed by atoms with Crippen molar-refractivity contribution < 1.29 is 9.59 Å². The Morgan fingerprint density at radius 3 is 1.81 bits per heavy atom. The highest BCUT2D eigenvalue weighted by Gasteiger charge is 2.19. The summed E-state index contributed by atoms with van der Waals surface area (Å²) in [6.45, 7) is 0. The standard InChI is InChI=1S/C13H12Cl4N2O2/c14-10(15)12(20)18-9(19-13(21)11(16)17)7-6-8-4-2-1-3-5-8/h1-7,9-11H,(H,18,20)(H,19,21). The Balaban J connectivity index is 2.78. The van der Waals surface area contributed by atoms with Crippen molar-refractivity contribution in [1.82, 2.24) is 10.6 Å². The van der Waals surface area contributed by atoms with Gasteiger partial charge in [0.2, 0.25) is 0 Å². The third kappa shape index (κ3) is 7.05. The lowest BCUT2D eigenvalue weighted by Crippen LogP contribution is -2.49. The van der Waals surface area contributed by atoms with E-state index in [0.717, 1.165) is 5.56 Å². The number of hydrogen-bond donors (Lipinski definition) is 2. The smallest absolute Gasteiger partial charge is 0.255 e. The van der Waals surface area contributed by atoms with Crippen LogP contribution in [0.15, 0.2) is 36.4 Å². The van der Waals surface area contributed by atoms with Crippen molar-refractivity contribution in [1.29, 1.82) is 0 Å². The van der Waals surface area contributed by atoms with Gasteiger partial charge in [0.15, 0.2) is 9.67 Å². The number of hydrogen-bond acceptors (Lipinski definition) is 2. The number of carbonyl (C=O) groups excluding carboxylic acids is 2. The molecule has 4 nitrogen and oxygen atoms in total. The van der Waals surface area contributed by atoms with Crippen LogP contribution in [0.3, 0.4) is 0 Å². The van der Waals surface area contributed by atoms with Gasteiger partial charge in [0.05, 0.1) is 0 Å². The molecule has 0 aliphatic rings. The molecule has 2 amide bonds. The predicted octanol–water partition coefficient (Wildman–Crippen LogP) is 2.87. The highest BCUT2D eigenvalue weighted by Crippen LogP contribution is 2.06. The molecule has 0 bridgehead atoms. The summed E-state index contributed by atoms with van der Waals surface area (Å²) in [5.41, 5.74) is 0.882. The molecule has 0 aliphatic carbocycles. The first kappa shape index (κ1) is 18.1. The first-order valence-corrected chi connectivity index (χ1v) is 7.55. The fourth-order valence-corrected chi connectivity index (χ4v) is 1.59. The third-order valence-corrected chi connectivity index (χ3v) is 3.07. The van der Waals surface area contributed by atoms with Gasteiger partial charge in [0.1, 0.15) is 6.17 Å². The Bertz CT molecular complexity index is 484. The first-order chi connectivity index (χ1) is 9.90. The van der Waals surface area contributed by atoms with E-state index in [1.807, 2.05) is 30.3 Å². The van der Waals surface area contributed by atoms with Crippen LogP contribution in [0.1, 0.15) is 5.56 Å². The molecule has 0 spiro atoms. The lowest BCUT2D eigenvalue weighted by Gasteiger charge is -2.17. The van der Waals surface area contributed by atoms with E-state index in [9.17, 15) is 9.59 Å². The number of carbonyl (C=O) groups is 2. The van der Waals surface area contributed by atoms with Crippen LogP contribution in [0, 0.1) is 0 Å². The van der Waals surface area contributed by atoms with Gasteiger partial charge >= 0.3 is 0 Å². The lowest BCUT2D eigenvalue weighted by atomic mass is 10.2. The van der Waals surface area contributed by atoms with Crippen molar-refractivity contribution in [3.63, 3.8) is 0 Å². The van der Waals surface area contributed by atoms with E-state index in [2.05, 4.69) is 10.6 Å². The summed E-state index contributed by atoms with van der Waals surface area (Å²) < 4.78 is 0. The van der Waals surface area contributed by atoms with Gasteiger partial charge in [-0.2, -0.15) is 0 Å². The zero-order valence-electron chi connectivity index (χ0n) is 10.6. The monoisotopic (exact) mass is 368 g/mol. The summed E-state index contributed by atoms with van der Waals surface area (Å²) in [5.74, 6) is -1.30. The molecule has 21 heavy (non-hydrogen) atoms. The van der Waals surface area contributed by atoms with Gasteiger partial charge in [-0.25, -0.2) is 0 Å². The molecule has 2 N–H and O–H groups in total. The van der Waals surface area contributed by atoms with Gasteiger partial charge in [-0.3, -0.25) is 9.59 Å². The van der Waals surface area contributed by atoms with Crippen molar-refractivity contribution in [2.75, 3.05) is 0 Å². The lowest BCUT2D eigenvalue weighted by molar-refractivity contribution is -0.122. The maximum atomic E-state index is 11.5. The minimum absolute atomic E-state index is 0.651. The summed E-state index contributed by atoms with van der Waals surface area (Å²) in [6.07, 6.45) is 2.42. The fourth-order valence-electron chi connectivity index (χ4n) is 1.34. The summed E-state index contributed by atoms with van der Waals surface area (Å²) in [7, 11) is 0. The Kier molecular flexibility index (Phi) is 7.89. The van der Waals surface area contributed by atoms with Crippen LogP contribution in [0.25, 0.3) is 6.08 Å². The predicted molar refractivity (Wildman–Crippen MR) is 86.5 cm³/mol. The minimum Gasteiger partial charge on any atom is -0.330 e. The molecule has 0 saturated carbocycles. The number of alkyl halides is 4. The van der Waals surface area contributed by atoms with Crippen LogP contribution in [0.4, 0.5) is 0 Å². The second kappa shape index (κ2) is 9.15. The number of benzene rings is 1. The quantitative estimate of drug-likeness (QED) is 0.598. The molecule has 1 rings (SSSR count). The van der Waals surface area contributed by atoms with Crippen molar-refractivity contribution in [3.05, 3.63) is 42.0 Å². The average molecular weight is 370 g/mol. The Morgan fingerprint density at radius 1 is 0.905 bits per heavy atom. The van der Waals surface area contributed by atoms with Gasteiger partial charge in [0.25, 0.3) is 11.8 Å². The molecule has 1 aromatic carbocycles. The van der Waals surface area contributed by atoms with Crippen LogP contribution in [-0.4, -0.2) is 27.7 Å². The van der Waals surface area contributed by atoms with Gasteiger partial charge in [-0.05, 0) is 11.6 Å². The van der Waals surface area contributed by atoms with Gasteiger partial charge in [-0.15, -0.1) is 0 Å². The van der Waals surface area contributed by atoms with Gasteiger partial charge in [-0.1, -0.05) is 82.8 Å². The molecule has 114 valence electrons. The van der Waals surface area contributed by atoms with Crippen molar-refractivity contribution >= 4 is 64.3 Å². The topological polar surface area (TPSA) is 58.2 Å². The highest BCUT2D eigenvalue weighted by molar-refractivity contribution is 6.54. The molecule has 0 atom stereocenters. The van der Waals surface area contributed by atoms with Crippen LogP contribution in [0.2, 0.25) is 0 Å². The Labute approximate surface area is 142 Å². The number of rotatable bonds is 6. The van der Waals surface area contributed by atoms with Crippen LogP contribution >= 0.6 is 46.4 Å². The van der Waals surface area contributed by atoms with Gasteiger partial charge in [0, 0.05) is 0 Å². The Hall–Kier alpha value is -0.940. The highest BCUT2D eigenvalue weighted by atomic mass is 35.5. The molecule has 0 unspecified atom stereocenters. The molecule has 0 aromatic heterocycles. The van der Waals surface area contributed by atoms with Crippen LogP contribution < -0.4 is 10.6 Å². The SMILES string of the molecule is O=C(NC(C=Cc1ccccc1)NC(=O)C(Cl)Cl)C(Cl)Cl. The molecular formula is C13H12Cl4N2O2. The van der Waals surface area contributed by atoms with Crippen molar-refractivity contribution in [2.45, 2.75) is 15.8 Å². The van der Waals surface area contributed by atoms with Gasteiger partial charge < -0.3 is 10.6 Å². The number of amides is 2. The molecule has 0 radical (unpaired) electrons. The third-order valence-electron chi connectivity index (χ3n) is 2.27. The molecule has 8 heteroatoms. The molecular weight excluding hydrogens is 358 g/mol. The summed E-state index contributed by atoms with van der Waals surface area (Å²) in [6, 6.07) is 9.29. The zero-order valence-corrected chi connectivity index (χ0v) is 13.6. The second-order valence-corrected chi connectivity index (χ2v) is 6.06. The molecule has 0 saturated heterocycles. The Morgan fingerprint density at radius 2 is 1.38 bits per heavy atom. The molecule has 0 aliphatic heterocycles. The second-order valence-electron chi connectivity index (χ2n) is 3.87. The molecule has 1 aromatic rings. The summed E-state index contributed by atoms with van der Waals surface area (Å²) in [5, 5.41) is 4.87. The van der Waals surface area contributed by atoms with Crippen LogP contribution in [-0.2, 0) is 9.59 Å². The normalized spacial score (nSPS) is 11.4. The minimum atomic E-state index is -1.25. The van der Waals surface area contributed by atoms with Crippen molar-refractivity contribution in [2.24, 2.45) is 0 Å². The van der Waals surface area contributed by atoms with E-state index in [1.165, 1.54) is 0 Å². The maximum Gasteiger partial charge on any atom is 0.255 e. The molecule has 0 heterocycles. The summed E-state index contributed by atoms with van der Waals surface area (Å²) >= 11 is 21.8. The number of nitrogens with one attached hydrogen (secondary N) is 2. The average Bonchev–Trinajstić information content (AvgIpc) is 2.45. The first-order valence-electron chi connectivity index (χ1n) is 5.80. The van der Waals surface area contributed by atoms with E-state index in [1.54, 1.807) is 12.2 Å². The van der Waals surface area contributed by atoms with E-state index in [-0.39, 0.29) is 0 Å².